The third kappa shape index (κ3) is 2.54. The maximum Gasteiger partial charge on any atom is 0.267 e. The second-order valence-corrected chi connectivity index (χ2v) is 7.21. The molecule has 0 N–H and O–H groups in total. The largest absolute Gasteiger partial charge is 0.268 e. The zero-order valence-electron chi connectivity index (χ0n) is 15.4. The number of amides is 2. The smallest absolute Gasteiger partial charge is 0.267 e. The molecule has 2 aromatic heterocycles. The SMILES string of the molecule is Cn1nc(-c2ccc(Cl)cc2)c2c3c(cnc21)C(=O)N(c1ccc(F)c(F)c1)C3=O. The highest BCUT2D eigenvalue weighted by atomic mass is 35.5. The molecule has 2 amide bonds. The highest BCUT2D eigenvalue weighted by Crippen LogP contribution is 2.37. The lowest BCUT2D eigenvalue weighted by molar-refractivity contribution is 0.0926. The molecule has 4 aromatic rings. The molecule has 0 radical (unpaired) electrons. The molecule has 2 aromatic carbocycles. The fourth-order valence-corrected chi connectivity index (χ4v) is 3.72. The summed E-state index contributed by atoms with van der Waals surface area (Å²) in [7, 11) is 1.68. The molecule has 0 bridgehead atoms. The molecular weight excluding hydrogens is 414 g/mol. The summed E-state index contributed by atoms with van der Waals surface area (Å²) in [5.74, 6) is -3.55. The molecule has 1 aliphatic rings. The number of aromatic nitrogens is 3. The van der Waals surface area contributed by atoms with Crippen LogP contribution in [0.25, 0.3) is 22.3 Å². The number of aryl methyl sites for hydroxylation is 1. The number of imide groups is 1. The van der Waals surface area contributed by atoms with E-state index in [1.54, 1.807) is 31.3 Å². The van der Waals surface area contributed by atoms with Crippen LogP contribution in [-0.2, 0) is 7.05 Å². The standard InChI is InChI=1S/C21H11ClF2N4O2/c1-27-19-17(18(26-27)10-2-4-11(22)5-3-10)16-13(9-25-19)20(29)28(21(16)30)12-6-7-14(23)15(24)8-12/h2-9H,1H3. The first-order valence-corrected chi connectivity index (χ1v) is 9.20. The van der Waals surface area contributed by atoms with E-state index in [2.05, 4.69) is 10.1 Å². The lowest BCUT2D eigenvalue weighted by Gasteiger charge is -2.13. The van der Waals surface area contributed by atoms with E-state index in [4.69, 9.17) is 11.6 Å². The van der Waals surface area contributed by atoms with Gasteiger partial charge in [0.1, 0.15) is 5.69 Å². The van der Waals surface area contributed by atoms with E-state index >= 15 is 0 Å². The fraction of sp³-hybridized carbons (Fsp3) is 0.0476. The van der Waals surface area contributed by atoms with Gasteiger partial charge in [-0.3, -0.25) is 9.59 Å². The number of fused-ring (bicyclic) bond motifs is 3. The van der Waals surface area contributed by atoms with Crippen LogP contribution in [0.3, 0.4) is 0 Å². The summed E-state index contributed by atoms with van der Waals surface area (Å²) in [5.41, 5.74) is 1.68. The lowest BCUT2D eigenvalue weighted by atomic mass is 10.0. The van der Waals surface area contributed by atoms with Crippen molar-refractivity contribution in [1.82, 2.24) is 14.8 Å². The Bertz CT molecular complexity index is 1380. The van der Waals surface area contributed by atoms with Crippen LogP contribution in [-0.4, -0.2) is 26.6 Å². The zero-order chi connectivity index (χ0) is 21.2. The first-order valence-electron chi connectivity index (χ1n) is 8.82. The number of benzene rings is 2. The van der Waals surface area contributed by atoms with E-state index < -0.39 is 23.4 Å². The van der Waals surface area contributed by atoms with Crippen LogP contribution < -0.4 is 4.90 Å². The molecule has 1 aliphatic heterocycles. The summed E-state index contributed by atoms with van der Waals surface area (Å²) in [4.78, 5) is 31.3. The van der Waals surface area contributed by atoms with Crippen molar-refractivity contribution in [2.75, 3.05) is 4.90 Å². The monoisotopic (exact) mass is 424 g/mol. The van der Waals surface area contributed by atoms with Crippen molar-refractivity contribution in [3.63, 3.8) is 0 Å². The van der Waals surface area contributed by atoms with Gasteiger partial charge < -0.3 is 0 Å². The fourth-order valence-electron chi connectivity index (χ4n) is 3.60. The van der Waals surface area contributed by atoms with Gasteiger partial charge in [-0.2, -0.15) is 5.10 Å². The van der Waals surface area contributed by atoms with Gasteiger partial charge >= 0.3 is 0 Å². The second kappa shape index (κ2) is 6.43. The van der Waals surface area contributed by atoms with Gasteiger partial charge in [0.05, 0.1) is 22.2 Å². The third-order valence-corrected chi connectivity index (χ3v) is 5.23. The molecule has 0 aliphatic carbocycles. The minimum Gasteiger partial charge on any atom is -0.268 e. The molecule has 30 heavy (non-hydrogen) atoms. The van der Waals surface area contributed by atoms with Crippen molar-refractivity contribution < 1.29 is 18.4 Å². The Morgan fingerprint density at radius 3 is 2.40 bits per heavy atom. The molecule has 9 heteroatoms. The van der Waals surface area contributed by atoms with Gasteiger partial charge in [0, 0.05) is 29.9 Å². The van der Waals surface area contributed by atoms with Crippen LogP contribution in [0.1, 0.15) is 20.7 Å². The van der Waals surface area contributed by atoms with Crippen molar-refractivity contribution >= 4 is 40.1 Å². The summed E-state index contributed by atoms with van der Waals surface area (Å²) >= 11 is 5.97. The number of hydrogen-bond donors (Lipinski definition) is 0. The van der Waals surface area contributed by atoms with E-state index in [1.807, 2.05) is 0 Å². The van der Waals surface area contributed by atoms with E-state index in [1.165, 1.54) is 16.9 Å². The highest BCUT2D eigenvalue weighted by Gasteiger charge is 2.40. The Hall–Kier alpha value is -3.65. The van der Waals surface area contributed by atoms with Crippen LogP contribution in [0.4, 0.5) is 14.5 Å². The molecule has 5 rings (SSSR count). The molecule has 0 saturated heterocycles. The van der Waals surface area contributed by atoms with E-state index in [0.29, 0.717) is 27.3 Å². The Kier molecular flexibility index (Phi) is 3.94. The number of halogens is 3. The third-order valence-electron chi connectivity index (χ3n) is 4.98. The van der Waals surface area contributed by atoms with Crippen LogP contribution in [0.5, 0.6) is 0 Å². The molecular formula is C21H11ClF2N4O2. The van der Waals surface area contributed by atoms with Crippen molar-refractivity contribution in [2.24, 2.45) is 7.05 Å². The predicted octanol–water partition coefficient (Wildman–Crippen LogP) is 4.37. The number of anilines is 1. The summed E-state index contributed by atoms with van der Waals surface area (Å²) in [6, 6.07) is 9.73. The minimum atomic E-state index is -1.16. The number of rotatable bonds is 2. The lowest BCUT2D eigenvalue weighted by Crippen LogP contribution is -2.29. The summed E-state index contributed by atoms with van der Waals surface area (Å²) < 4.78 is 28.6. The zero-order valence-corrected chi connectivity index (χ0v) is 16.1. The van der Waals surface area contributed by atoms with Gasteiger partial charge in [-0.05, 0) is 24.3 Å². The number of carbonyl (C=O) groups excluding carboxylic acids is 2. The van der Waals surface area contributed by atoms with Gasteiger partial charge in [0.2, 0.25) is 0 Å². The topological polar surface area (TPSA) is 68.1 Å². The molecule has 3 heterocycles. The van der Waals surface area contributed by atoms with Crippen molar-refractivity contribution in [3.8, 4) is 11.3 Å². The quantitative estimate of drug-likeness (QED) is 0.448. The maximum absolute atomic E-state index is 13.7. The molecule has 0 atom stereocenters. The van der Waals surface area contributed by atoms with Gasteiger partial charge in [-0.25, -0.2) is 23.3 Å². The predicted molar refractivity (Wildman–Crippen MR) is 106 cm³/mol. The molecule has 0 spiro atoms. The number of hydrogen-bond acceptors (Lipinski definition) is 4. The maximum atomic E-state index is 13.7. The first kappa shape index (κ1) is 18.4. The molecule has 148 valence electrons. The van der Waals surface area contributed by atoms with Gasteiger partial charge in [-0.1, -0.05) is 23.7 Å². The first-order chi connectivity index (χ1) is 14.4. The van der Waals surface area contributed by atoms with Gasteiger partial charge in [0.15, 0.2) is 17.3 Å². The normalized spacial score (nSPS) is 13.4. The summed E-state index contributed by atoms with van der Waals surface area (Å²) in [5, 5.41) is 5.41. The number of carbonyl (C=O) groups is 2. The van der Waals surface area contributed by atoms with E-state index in [-0.39, 0.29) is 16.8 Å². The van der Waals surface area contributed by atoms with Gasteiger partial charge in [-0.15, -0.1) is 0 Å². The average Bonchev–Trinajstić information content (AvgIpc) is 3.19. The molecule has 6 nitrogen and oxygen atoms in total. The van der Waals surface area contributed by atoms with Crippen LogP contribution in [0.2, 0.25) is 5.02 Å². The van der Waals surface area contributed by atoms with Crippen molar-refractivity contribution in [3.05, 3.63) is 76.4 Å². The second-order valence-electron chi connectivity index (χ2n) is 6.77. The highest BCUT2D eigenvalue weighted by molar-refractivity contribution is 6.38. The number of pyridine rings is 1. The Balaban J connectivity index is 1.75. The Morgan fingerprint density at radius 2 is 1.70 bits per heavy atom. The van der Waals surface area contributed by atoms with Gasteiger partial charge in [0.25, 0.3) is 11.8 Å². The average molecular weight is 425 g/mol. The van der Waals surface area contributed by atoms with Crippen LogP contribution in [0.15, 0.2) is 48.7 Å². The van der Waals surface area contributed by atoms with E-state index in [0.717, 1.165) is 17.0 Å². The summed E-state index contributed by atoms with van der Waals surface area (Å²) in [6.45, 7) is 0. The van der Waals surface area contributed by atoms with Crippen molar-refractivity contribution in [1.29, 1.82) is 0 Å². The number of nitrogens with zero attached hydrogens (tertiary/aromatic N) is 4. The minimum absolute atomic E-state index is 0.0646. The van der Waals surface area contributed by atoms with Crippen molar-refractivity contribution in [2.45, 2.75) is 0 Å². The molecule has 0 fully saturated rings. The van der Waals surface area contributed by atoms with E-state index in [9.17, 15) is 18.4 Å². The Labute approximate surface area is 173 Å². The molecule has 0 unspecified atom stereocenters. The Morgan fingerprint density at radius 1 is 0.967 bits per heavy atom. The van der Waals surface area contributed by atoms with Crippen LogP contribution in [0, 0.1) is 11.6 Å². The summed E-state index contributed by atoms with van der Waals surface area (Å²) in [6.07, 6.45) is 1.30. The molecule has 0 saturated carbocycles. The van der Waals surface area contributed by atoms with Crippen LogP contribution >= 0.6 is 11.6 Å².